The van der Waals surface area contributed by atoms with E-state index in [0.717, 1.165) is 36.1 Å². The quantitative estimate of drug-likeness (QED) is 0.871. The van der Waals surface area contributed by atoms with Crippen LogP contribution in [0.4, 0.5) is 0 Å². The second kappa shape index (κ2) is 4.40. The van der Waals surface area contributed by atoms with Crippen LogP contribution in [0.3, 0.4) is 0 Å². The van der Waals surface area contributed by atoms with Crippen molar-refractivity contribution in [2.45, 2.75) is 38.0 Å². The molecule has 0 unspecified atom stereocenters. The van der Waals surface area contributed by atoms with E-state index in [1.807, 2.05) is 19.1 Å². The van der Waals surface area contributed by atoms with E-state index in [9.17, 15) is 4.79 Å². The highest BCUT2D eigenvalue weighted by atomic mass is 16.5. The predicted octanol–water partition coefficient (Wildman–Crippen LogP) is 2.90. The van der Waals surface area contributed by atoms with Gasteiger partial charge in [0.25, 0.3) is 0 Å². The Kier molecular flexibility index (Phi) is 3.09. The van der Waals surface area contributed by atoms with Crippen LogP contribution in [0, 0.1) is 6.92 Å². The monoisotopic (exact) mass is 234 g/mol. The van der Waals surface area contributed by atoms with Crippen molar-refractivity contribution in [2.75, 3.05) is 7.11 Å². The van der Waals surface area contributed by atoms with Gasteiger partial charge in [-0.2, -0.15) is 0 Å². The van der Waals surface area contributed by atoms with Gasteiger partial charge in [-0.25, -0.2) is 0 Å². The number of ether oxygens (including phenoxy) is 1. The maximum Gasteiger partial charge on any atom is 0.304 e. The van der Waals surface area contributed by atoms with Crippen molar-refractivity contribution in [1.29, 1.82) is 0 Å². The van der Waals surface area contributed by atoms with Gasteiger partial charge in [-0.05, 0) is 37.0 Å². The molecule has 0 atom stereocenters. The number of aryl methyl sites for hydroxylation is 1. The fourth-order valence-electron chi connectivity index (χ4n) is 2.67. The first-order valence-electron chi connectivity index (χ1n) is 5.94. The molecule has 0 aliphatic heterocycles. The standard InChI is InChI=1S/C14H18O3/c1-10-8-11(4-5-12(10)17-2)14(6-3-7-14)9-13(15)16/h4-5,8H,3,6-7,9H2,1-2H3,(H,15,16). The SMILES string of the molecule is COc1ccc(C2(CC(=O)O)CCC2)cc1C. The van der Waals surface area contributed by atoms with Crippen molar-refractivity contribution in [3.63, 3.8) is 0 Å². The average molecular weight is 234 g/mol. The van der Waals surface area contributed by atoms with Gasteiger partial charge >= 0.3 is 5.97 Å². The van der Waals surface area contributed by atoms with Crippen molar-refractivity contribution in [1.82, 2.24) is 0 Å². The first kappa shape index (κ1) is 12.0. The number of carboxylic acids is 1. The van der Waals surface area contributed by atoms with Crippen LogP contribution in [0.25, 0.3) is 0 Å². The summed E-state index contributed by atoms with van der Waals surface area (Å²) in [6.07, 6.45) is 3.31. The zero-order valence-electron chi connectivity index (χ0n) is 10.3. The molecule has 0 bridgehead atoms. The molecule has 92 valence electrons. The summed E-state index contributed by atoms with van der Waals surface area (Å²) in [5.74, 6) is 0.150. The summed E-state index contributed by atoms with van der Waals surface area (Å²) in [5.41, 5.74) is 2.08. The van der Waals surface area contributed by atoms with E-state index in [1.54, 1.807) is 7.11 Å². The number of benzene rings is 1. The Bertz CT molecular complexity index is 433. The number of hydrogen-bond acceptors (Lipinski definition) is 2. The van der Waals surface area contributed by atoms with Crippen molar-refractivity contribution in [3.05, 3.63) is 29.3 Å². The molecule has 1 aromatic rings. The van der Waals surface area contributed by atoms with Gasteiger partial charge < -0.3 is 9.84 Å². The summed E-state index contributed by atoms with van der Waals surface area (Å²) >= 11 is 0. The van der Waals surface area contributed by atoms with Crippen LogP contribution in [-0.4, -0.2) is 18.2 Å². The van der Waals surface area contributed by atoms with Crippen molar-refractivity contribution < 1.29 is 14.6 Å². The molecule has 3 nitrogen and oxygen atoms in total. The van der Waals surface area contributed by atoms with Crippen LogP contribution in [0.2, 0.25) is 0 Å². The van der Waals surface area contributed by atoms with E-state index in [2.05, 4.69) is 6.07 Å². The number of aliphatic carboxylic acids is 1. The van der Waals surface area contributed by atoms with Gasteiger partial charge in [0, 0.05) is 5.41 Å². The zero-order chi connectivity index (χ0) is 12.5. The molecule has 1 aliphatic carbocycles. The molecule has 1 aliphatic rings. The molecule has 3 heteroatoms. The van der Waals surface area contributed by atoms with Gasteiger partial charge in [-0.3, -0.25) is 4.79 Å². The average Bonchev–Trinajstić information content (AvgIpc) is 2.23. The predicted molar refractivity (Wildman–Crippen MR) is 65.5 cm³/mol. The highest BCUT2D eigenvalue weighted by Crippen LogP contribution is 2.47. The number of methoxy groups -OCH3 is 1. The van der Waals surface area contributed by atoms with Gasteiger partial charge in [0.15, 0.2) is 0 Å². The minimum atomic E-state index is -0.710. The maximum absolute atomic E-state index is 11.0. The second-order valence-electron chi connectivity index (χ2n) is 4.89. The summed E-state index contributed by atoms with van der Waals surface area (Å²) in [7, 11) is 1.65. The van der Waals surface area contributed by atoms with Crippen LogP contribution in [0.15, 0.2) is 18.2 Å². The Labute approximate surface area is 101 Å². The maximum atomic E-state index is 11.0. The molecule has 2 rings (SSSR count). The van der Waals surface area contributed by atoms with Gasteiger partial charge in [-0.1, -0.05) is 18.6 Å². The molecule has 1 N–H and O–H groups in total. The molecular formula is C14H18O3. The first-order chi connectivity index (χ1) is 8.07. The third kappa shape index (κ3) is 2.14. The van der Waals surface area contributed by atoms with Gasteiger partial charge in [0.05, 0.1) is 13.5 Å². The van der Waals surface area contributed by atoms with Crippen molar-refractivity contribution in [2.24, 2.45) is 0 Å². The van der Waals surface area contributed by atoms with Gasteiger partial charge in [0.1, 0.15) is 5.75 Å². The van der Waals surface area contributed by atoms with Crippen molar-refractivity contribution >= 4 is 5.97 Å². The molecule has 1 aromatic carbocycles. The third-order valence-corrected chi connectivity index (χ3v) is 3.81. The molecule has 0 saturated heterocycles. The number of hydrogen-bond donors (Lipinski definition) is 1. The third-order valence-electron chi connectivity index (χ3n) is 3.81. The molecule has 1 saturated carbocycles. The second-order valence-corrected chi connectivity index (χ2v) is 4.89. The van der Waals surface area contributed by atoms with Crippen LogP contribution in [-0.2, 0) is 10.2 Å². The van der Waals surface area contributed by atoms with E-state index < -0.39 is 5.97 Å². The van der Waals surface area contributed by atoms with Crippen LogP contribution in [0.5, 0.6) is 5.75 Å². The summed E-state index contributed by atoms with van der Waals surface area (Å²) in [5, 5.41) is 9.02. The Balaban J connectivity index is 2.31. The molecular weight excluding hydrogens is 216 g/mol. The van der Waals surface area contributed by atoms with E-state index >= 15 is 0 Å². The normalized spacial score (nSPS) is 17.3. The Morgan fingerprint density at radius 2 is 2.18 bits per heavy atom. The zero-order valence-corrected chi connectivity index (χ0v) is 10.3. The van der Waals surface area contributed by atoms with E-state index in [-0.39, 0.29) is 11.8 Å². The fourth-order valence-corrected chi connectivity index (χ4v) is 2.67. The lowest BCUT2D eigenvalue weighted by Gasteiger charge is -2.41. The Morgan fingerprint density at radius 3 is 2.59 bits per heavy atom. The minimum Gasteiger partial charge on any atom is -0.496 e. The molecule has 17 heavy (non-hydrogen) atoms. The van der Waals surface area contributed by atoms with Gasteiger partial charge in [0.2, 0.25) is 0 Å². The lowest BCUT2D eigenvalue weighted by molar-refractivity contribution is -0.139. The Hall–Kier alpha value is -1.51. The highest BCUT2D eigenvalue weighted by molar-refractivity contribution is 5.69. The lowest BCUT2D eigenvalue weighted by Crippen LogP contribution is -2.36. The molecule has 0 heterocycles. The van der Waals surface area contributed by atoms with Crippen LogP contribution in [0.1, 0.15) is 36.8 Å². The molecule has 0 amide bonds. The molecule has 0 spiro atoms. The smallest absolute Gasteiger partial charge is 0.304 e. The Morgan fingerprint density at radius 1 is 1.47 bits per heavy atom. The van der Waals surface area contributed by atoms with E-state index in [1.165, 1.54) is 0 Å². The number of carbonyl (C=O) groups is 1. The molecule has 1 fully saturated rings. The van der Waals surface area contributed by atoms with Crippen molar-refractivity contribution in [3.8, 4) is 5.75 Å². The van der Waals surface area contributed by atoms with Gasteiger partial charge in [-0.15, -0.1) is 0 Å². The number of carboxylic acid groups (broad SMARTS) is 1. The molecule has 0 radical (unpaired) electrons. The number of rotatable bonds is 4. The summed E-state index contributed by atoms with van der Waals surface area (Å²) in [4.78, 5) is 11.0. The largest absolute Gasteiger partial charge is 0.496 e. The summed E-state index contributed by atoms with van der Waals surface area (Å²) in [6, 6.07) is 6.02. The van der Waals surface area contributed by atoms with E-state index in [0.29, 0.717) is 0 Å². The van der Waals surface area contributed by atoms with E-state index in [4.69, 9.17) is 9.84 Å². The lowest BCUT2D eigenvalue weighted by atomic mass is 9.62. The molecule has 0 aromatic heterocycles. The summed E-state index contributed by atoms with van der Waals surface area (Å²) in [6.45, 7) is 2.00. The highest BCUT2D eigenvalue weighted by Gasteiger charge is 2.40. The van der Waals surface area contributed by atoms with Crippen LogP contribution < -0.4 is 4.74 Å². The fraction of sp³-hybridized carbons (Fsp3) is 0.500. The summed E-state index contributed by atoms with van der Waals surface area (Å²) < 4.78 is 5.23. The topological polar surface area (TPSA) is 46.5 Å². The minimum absolute atomic E-state index is 0.136. The first-order valence-corrected chi connectivity index (χ1v) is 5.94. The van der Waals surface area contributed by atoms with Crippen LogP contribution >= 0.6 is 0 Å².